The lowest BCUT2D eigenvalue weighted by atomic mass is 10.1. The Morgan fingerprint density at radius 1 is 1.32 bits per heavy atom. The Morgan fingerprint density at radius 2 is 2.09 bits per heavy atom. The number of nitrogens with zero attached hydrogens (tertiary/aromatic N) is 3. The van der Waals surface area contributed by atoms with Crippen molar-refractivity contribution in [1.82, 2.24) is 10.3 Å². The molecule has 0 aliphatic heterocycles. The first kappa shape index (κ1) is 15.4. The number of nitrogens with one attached hydrogen (secondary N) is 1. The number of hydrogen-bond acceptors (Lipinski definition) is 5. The second-order valence-corrected chi connectivity index (χ2v) is 4.86. The second kappa shape index (κ2) is 6.66. The molecule has 1 amide bonds. The highest BCUT2D eigenvalue weighted by atomic mass is 16.6. The Balaban J connectivity index is 2.23. The van der Waals surface area contributed by atoms with Crippen LogP contribution in [0, 0.1) is 10.1 Å². The number of benzene rings is 1. The van der Waals surface area contributed by atoms with Crippen LogP contribution in [0.25, 0.3) is 0 Å². The van der Waals surface area contributed by atoms with E-state index in [4.69, 9.17) is 0 Å². The number of amides is 1. The van der Waals surface area contributed by atoms with Crippen LogP contribution in [0.3, 0.4) is 0 Å². The van der Waals surface area contributed by atoms with Crippen LogP contribution in [0.2, 0.25) is 0 Å². The Morgan fingerprint density at radius 3 is 2.68 bits per heavy atom. The van der Waals surface area contributed by atoms with Gasteiger partial charge >= 0.3 is 0 Å². The van der Waals surface area contributed by atoms with Crippen LogP contribution >= 0.6 is 0 Å². The lowest BCUT2D eigenvalue weighted by molar-refractivity contribution is -0.384. The highest BCUT2D eigenvalue weighted by Gasteiger charge is 2.17. The minimum absolute atomic E-state index is 0.117. The minimum Gasteiger partial charge on any atom is -0.377 e. The van der Waals surface area contributed by atoms with E-state index < -0.39 is 4.92 Å². The zero-order valence-electron chi connectivity index (χ0n) is 12.3. The zero-order valence-corrected chi connectivity index (χ0v) is 12.3. The summed E-state index contributed by atoms with van der Waals surface area (Å²) >= 11 is 0. The maximum Gasteiger partial charge on any atom is 0.270 e. The number of nitro benzene ring substituents is 1. The molecule has 22 heavy (non-hydrogen) atoms. The van der Waals surface area contributed by atoms with Gasteiger partial charge in [0.25, 0.3) is 11.6 Å². The van der Waals surface area contributed by atoms with Crippen LogP contribution in [0.15, 0.2) is 42.6 Å². The number of carbonyl (C=O) groups is 1. The molecule has 0 aliphatic rings. The monoisotopic (exact) mass is 300 g/mol. The highest BCUT2D eigenvalue weighted by Crippen LogP contribution is 2.24. The quantitative estimate of drug-likeness (QED) is 0.674. The van der Waals surface area contributed by atoms with Crippen LogP contribution in [-0.2, 0) is 6.54 Å². The normalized spacial score (nSPS) is 10.1. The molecular weight excluding hydrogens is 284 g/mol. The fourth-order valence-corrected chi connectivity index (χ4v) is 1.98. The molecule has 0 fully saturated rings. The van der Waals surface area contributed by atoms with Crippen molar-refractivity contribution < 1.29 is 9.72 Å². The fraction of sp³-hybridized carbons (Fsp3) is 0.200. The van der Waals surface area contributed by atoms with E-state index in [1.165, 1.54) is 12.1 Å². The number of hydrogen-bond donors (Lipinski definition) is 1. The number of anilines is 1. The molecule has 0 spiro atoms. The molecular formula is C15H16N4O3. The molecule has 1 aromatic heterocycles. The summed E-state index contributed by atoms with van der Waals surface area (Å²) in [5.74, 6) is -0.377. The van der Waals surface area contributed by atoms with Crippen molar-refractivity contribution in [3.8, 4) is 0 Å². The van der Waals surface area contributed by atoms with Gasteiger partial charge in [0, 0.05) is 38.1 Å². The number of carbonyl (C=O) groups excluding carboxylic acids is 1. The molecule has 114 valence electrons. The predicted octanol–water partition coefficient (Wildman–Crippen LogP) is 1.99. The standard InChI is InChI=1S/C15H16N4O3/c1-18(2)14-7-6-12(19(21)22)9-13(14)15(20)17-10-11-5-3-4-8-16-11/h3-9H,10H2,1-2H3,(H,17,20). The van der Waals surface area contributed by atoms with Gasteiger partial charge in [-0.1, -0.05) is 6.07 Å². The van der Waals surface area contributed by atoms with Crippen LogP contribution < -0.4 is 10.2 Å². The van der Waals surface area contributed by atoms with Gasteiger partial charge in [0.2, 0.25) is 0 Å². The molecule has 0 aliphatic carbocycles. The Kier molecular flexibility index (Phi) is 4.67. The third-order valence-electron chi connectivity index (χ3n) is 3.07. The molecule has 0 saturated carbocycles. The first-order valence-corrected chi connectivity index (χ1v) is 6.63. The third-order valence-corrected chi connectivity index (χ3v) is 3.07. The van der Waals surface area contributed by atoms with Crippen molar-refractivity contribution in [1.29, 1.82) is 0 Å². The van der Waals surface area contributed by atoms with E-state index in [1.807, 2.05) is 6.07 Å². The van der Waals surface area contributed by atoms with Gasteiger partial charge in [0.05, 0.1) is 22.7 Å². The molecule has 0 unspecified atom stereocenters. The van der Waals surface area contributed by atoms with Crippen LogP contribution in [0.5, 0.6) is 0 Å². The summed E-state index contributed by atoms with van der Waals surface area (Å²) in [6.07, 6.45) is 1.64. The lowest BCUT2D eigenvalue weighted by Crippen LogP contribution is -2.25. The minimum atomic E-state index is -0.519. The van der Waals surface area contributed by atoms with Crippen LogP contribution in [0.1, 0.15) is 16.1 Å². The molecule has 1 aromatic carbocycles. The zero-order chi connectivity index (χ0) is 16.1. The van der Waals surface area contributed by atoms with Gasteiger partial charge in [-0.05, 0) is 18.2 Å². The summed E-state index contributed by atoms with van der Waals surface area (Å²) in [6, 6.07) is 9.63. The summed E-state index contributed by atoms with van der Waals surface area (Å²) in [5, 5.41) is 13.6. The van der Waals surface area contributed by atoms with Crippen LogP contribution in [-0.4, -0.2) is 29.9 Å². The van der Waals surface area contributed by atoms with Gasteiger partial charge in [0.15, 0.2) is 0 Å². The molecule has 7 nitrogen and oxygen atoms in total. The Hall–Kier alpha value is -2.96. The van der Waals surface area contributed by atoms with Gasteiger partial charge < -0.3 is 10.2 Å². The summed E-state index contributed by atoms with van der Waals surface area (Å²) in [4.78, 5) is 28.5. The highest BCUT2D eigenvalue weighted by molar-refractivity contribution is 6.00. The van der Waals surface area contributed by atoms with E-state index in [0.717, 1.165) is 0 Å². The van der Waals surface area contributed by atoms with Crippen molar-refractivity contribution in [2.75, 3.05) is 19.0 Å². The Labute approximate surface area is 127 Å². The fourth-order valence-electron chi connectivity index (χ4n) is 1.98. The maximum atomic E-state index is 12.3. The van der Waals surface area contributed by atoms with Crippen molar-refractivity contribution in [2.45, 2.75) is 6.54 Å². The molecule has 1 heterocycles. The van der Waals surface area contributed by atoms with E-state index in [-0.39, 0.29) is 23.7 Å². The van der Waals surface area contributed by atoms with Gasteiger partial charge in [0.1, 0.15) is 0 Å². The Bertz CT molecular complexity index is 686. The van der Waals surface area contributed by atoms with E-state index in [9.17, 15) is 14.9 Å². The van der Waals surface area contributed by atoms with Crippen molar-refractivity contribution in [3.05, 3.63) is 64.0 Å². The lowest BCUT2D eigenvalue weighted by Gasteiger charge is -2.16. The molecule has 1 N–H and O–H groups in total. The topological polar surface area (TPSA) is 88.4 Å². The number of pyridine rings is 1. The van der Waals surface area contributed by atoms with E-state index in [1.54, 1.807) is 43.4 Å². The molecule has 2 rings (SSSR count). The molecule has 0 saturated heterocycles. The van der Waals surface area contributed by atoms with Crippen molar-refractivity contribution in [2.24, 2.45) is 0 Å². The van der Waals surface area contributed by atoms with Gasteiger partial charge in [-0.3, -0.25) is 19.9 Å². The first-order valence-electron chi connectivity index (χ1n) is 6.63. The molecule has 7 heteroatoms. The average Bonchev–Trinajstić information content (AvgIpc) is 2.52. The number of aromatic nitrogens is 1. The number of nitro groups is 1. The number of non-ortho nitro benzene ring substituents is 1. The summed E-state index contributed by atoms with van der Waals surface area (Å²) in [5.41, 5.74) is 1.47. The van der Waals surface area contributed by atoms with E-state index in [2.05, 4.69) is 10.3 Å². The third kappa shape index (κ3) is 3.57. The largest absolute Gasteiger partial charge is 0.377 e. The van der Waals surface area contributed by atoms with Crippen molar-refractivity contribution >= 4 is 17.3 Å². The molecule has 0 atom stereocenters. The number of rotatable bonds is 5. The maximum absolute atomic E-state index is 12.3. The van der Waals surface area contributed by atoms with Crippen LogP contribution in [0.4, 0.5) is 11.4 Å². The van der Waals surface area contributed by atoms with E-state index >= 15 is 0 Å². The predicted molar refractivity (Wildman–Crippen MR) is 82.8 cm³/mol. The van der Waals surface area contributed by atoms with Gasteiger partial charge in [-0.25, -0.2) is 0 Å². The van der Waals surface area contributed by atoms with Gasteiger partial charge in [-0.2, -0.15) is 0 Å². The van der Waals surface area contributed by atoms with E-state index in [0.29, 0.717) is 11.4 Å². The van der Waals surface area contributed by atoms with Crippen molar-refractivity contribution in [3.63, 3.8) is 0 Å². The summed E-state index contributed by atoms with van der Waals surface area (Å²) in [6.45, 7) is 0.259. The molecule has 0 bridgehead atoms. The average molecular weight is 300 g/mol. The molecule has 2 aromatic rings. The summed E-state index contributed by atoms with van der Waals surface area (Å²) in [7, 11) is 3.55. The molecule has 0 radical (unpaired) electrons. The second-order valence-electron chi connectivity index (χ2n) is 4.86. The SMILES string of the molecule is CN(C)c1ccc([N+](=O)[O-])cc1C(=O)NCc1ccccn1. The first-order chi connectivity index (χ1) is 10.5. The van der Waals surface area contributed by atoms with Gasteiger partial charge in [-0.15, -0.1) is 0 Å². The summed E-state index contributed by atoms with van der Waals surface area (Å²) < 4.78 is 0. The smallest absolute Gasteiger partial charge is 0.270 e.